The summed E-state index contributed by atoms with van der Waals surface area (Å²) in [5.41, 5.74) is 1.32. The van der Waals surface area contributed by atoms with Crippen molar-refractivity contribution < 1.29 is 14.0 Å². The molecule has 1 N–H and O–H groups in total. The van der Waals surface area contributed by atoms with Gasteiger partial charge in [0.05, 0.1) is 5.75 Å². The van der Waals surface area contributed by atoms with Gasteiger partial charge >= 0.3 is 0 Å². The van der Waals surface area contributed by atoms with Gasteiger partial charge in [-0.1, -0.05) is 48.0 Å². The molecule has 2 aromatic rings. The number of nitrogens with one attached hydrogen (secondary N) is 1. The lowest BCUT2D eigenvalue weighted by molar-refractivity contribution is -0.138. The van der Waals surface area contributed by atoms with Crippen molar-refractivity contribution in [2.75, 3.05) is 5.75 Å². The Morgan fingerprint density at radius 2 is 1.69 bits per heavy atom. The summed E-state index contributed by atoms with van der Waals surface area (Å²) in [4.78, 5) is 27.0. The molecule has 2 amide bonds. The Kier molecular flexibility index (Phi) is 8.99. The molecule has 156 valence electrons. The summed E-state index contributed by atoms with van der Waals surface area (Å²) in [5.74, 6) is -0.189. The standard InChI is InChI=1S/C22H26ClFN2O2S/c1-15(2)25-22(28)16(3)26(12-17-8-4-6-10-19(17)23)21(27)14-29-13-18-9-5-7-11-20(18)24/h4-11,15-16H,12-14H2,1-3H3,(H,25,28). The SMILES string of the molecule is CC(C)NC(=O)C(C)N(Cc1ccccc1Cl)C(=O)CSCc1ccccc1F. The van der Waals surface area contributed by atoms with Crippen LogP contribution in [-0.4, -0.2) is 34.6 Å². The highest BCUT2D eigenvalue weighted by Crippen LogP contribution is 2.21. The van der Waals surface area contributed by atoms with Gasteiger partial charge in [0, 0.05) is 23.4 Å². The highest BCUT2D eigenvalue weighted by Gasteiger charge is 2.27. The Labute approximate surface area is 180 Å². The van der Waals surface area contributed by atoms with Gasteiger partial charge in [0.15, 0.2) is 0 Å². The summed E-state index contributed by atoms with van der Waals surface area (Å²) in [6, 6.07) is 13.1. The zero-order valence-corrected chi connectivity index (χ0v) is 18.4. The molecule has 7 heteroatoms. The molecule has 4 nitrogen and oxygen atoms in total. The highest BCUT2D eigenvalue weighted by atomic mass is 35.5. The Balaban J connectivity index is 2.10. The zero-order valence-electron chi connectivity index (χ0n) is 16.8. The molecular weight excluding hydrogens is 411 g/mol. The number of thioether (sulfide) groups is 1. The van der Waals surface area contributed by atoms with Gasteiger partial charge in [-0.15, -0.1) is 11.8 Å². The zero-order chi connectivity index (χ0) is 21.4. The first-order chi connectivity index (χ1) is 13.8. The van der Waals surface area contributed by atoms with Gasteiger partial charge in [0.1, 0.15) is 11.9 Å². The molecule has 0 heterocycles. The van der Waals surface area contributed by atoms with Crippen LogP contribution in [0.25, 0.3) is 0 Å². The Morgan fingerprint density at radius 3 is 2.31 bits per heavy atom. The molecule has 0 saturated heterocycles. The molecule has 2 aromatic carbocycles. The van der Waals surface area contributed by atoms with Gasteiger partial charge in [-0.2, -0.15) is 0 Å². The third-order valence-electron chi connectivity index (χ3n) is 4.34. The quantitative estimate of drug-likeness (QED) is 0.622. The predicted octanol–water partition coefficient (Wildman–Crippen LogP) is 4.65. The molecule has 0 fully saturated rings. The lowest BCUT2D eigenvalue weighted by atomic mass is 10.1. The Bertz CT molecular complexity index is 847. The molecule has 1 atom stereocenters. The van der Waals surface area contributed by atoms with Gasteiger partial charge in [0.2, 0.25) is 11.8 Å². The third-order valence-corrected chi connectivity index (χ3v) is 5.67. The van der Waals surface area contributed by atoms with Crippen molar-refractivity contribution in [3.63, 3.8) is 0 Å². The number of amides is 2. The molecule has 0 radical (unpaired) electrons. The first-order valence-corrected chi connectivity index (χ1v) is 11.0. The summed E-state index contributed by atoms with van der Waals surface area (Å²) in [5, 5.41) is 3.39. The van der Waals surface area contributed by atoms with E-state index in [1.165, 1.54) is 22.7 Å². The lowest BCUT2D eigenvalue weighted by Gasteiger charge is -2.29. The molecule has 0 aromatic heterocycles. The fourth-order valence-electron chi connectivity index (χ4n) is 2.74. The van der Waals surface area contributed by atoms with E-state index in [1.54, 1.807) is 31.2 Å². The summed E-state index contributed by atoms with van der Waals surface area (Å²) in [6.07, 6.45) is 0. The van der Waals surface area contributed by atoms with Crippen LogP contribution >= 0.6 is 23.4 Å². The molecule has 1 unspecified atom stereocenters. The maximum absolute atomic E-state index is 13.8. The van der Waals surface area contributed by atoms with Crippen LogP contribution in [0.4, 0.5) is 4.39 Å². The fraction of sp³-hybridized carbons (Fsp3) is 0.364. The monoisotopic (exact) mass is 436 g/mol. The molecule has 0 saturated carbocycles. The van der Waals surface area contributed by atoms with Crippen LogP contribution in [-0.2, 0) is 21.9 Å². The smallest absolute Gasteiger partial charge is 0.242 e. The maximum atomic E-state index is 13.8. The van der Waals surface area contributed by atoms with E-state index in [0.717, 1.165) is 5.56 Å². The topological polar surface area (TPSA) is 49.4 Å². The number of carbonyl (C=O) groups is 2. The van der Waals surface area contributed by atoms with Crippen LogP contribution in [0.3, 0.4) is 0 Å². The van der Waals surface area contributed by atoms with Gasteiger partial charge in [0.25, 0.3) is 0 Å². The average Bonchev–Trinajstić information content (AvgIpc) is 2.67. The van der Waals surface area contributed by atoms with Gasteiger partial charge in [-0.25, -0.2) is 4.39 Å². The number of benzene rings is 2. The predicted molar refractivity (Wildman–Crippen MR) is 117 cm³/mol. The molecule has 2 rings (SSSR count). The average molecular weight is 437 g/mol. The van der Waals surface area contributed by atoms with E-state index in [2.05, 4.69) is 5.32 Å². The molecule has 0 aliphatic rings. The van der Waals surface area contributed by atoms with Crippen molar-refractivity contribution in [2.45, 2.75) is 45.2 Å². The fourth-order valence-corrected chi connectivity index (χ4v) is 3.84. The molecule has 0 aliphatic heterocycles. The van der Waals surface area contributed by atoms with Crippen LogP contribution in [0.2, 0.25) is 5.02 Å². The second kappa shape index (κ2) is 11.2. The first-order valence-electron chi connectivity index (χ1n) is 9.44. The van der Waals surface area contributed by atoms with Crippen molar-refractivity contribution >= 4 is 35.2 Å². The second-order valence-corrected chi connectivity index (χ2v) is 8.43. The van der Waals surface area contributed by atoms with Crippen molar-refractivity contribution in [3.05, 3.63) is 70.5 Å². The molecule has 0 aliphatic carbocycles. The Morgan fingerprint density at radius 1 is 1.07 bits per heavy atom. The third kappa shape index (κ3) is 7.05. The first kappa shape index (κ1) is 23.2. The van der Waals surface area contributed by atoms with Crippen LogP contribution in [0.1, 0.15) is 31.9 Å². The number of hydrogen-bond donors (Lipinski definition) is 1. The Hall–Kier alpha value is -2.05. The van der Waals surface area contributed by atoms with Gasteiger partial charge in [-0.3, -0.25) is 9.59 Å². The lowest BCUT2D eigenvalue weighted by Crippen LogP contribution is -2.49. The van der Waals surface area contributed by atoms with Crippen molar-refractivity contribution in [1.29, 1.82) is 0 Å². The number of halogens is 2. The summed E-state index contributed by atoms with van der Waals surface area (Å²) >= 11 is 7.58. The largest absolute Gasteiger partial charge is 0.352 e. The number of nitrogens with zero attached hydrogens (tertiary/aromatic N) is 1. The highest BCUT2D eigenvalue weighted by molar-refractivity contribution is 7.99. The van der Waals surface area contributed by atoms with E-state index in [9.17, 15) is 14.0 Å². The van der Waals surface area contributed by atoms with Crippen LogP contribution in [0, 0.1) is 5.82 Å². The van der Waals surface area contributed by atoms with Crippen molar-refractivity contribution in [1.82, 2.24) is 10.2 Å². The van der Waals surface area contributed by atoms with E-state index in [-0.39, 0.29) is 36.0 Å². The van der Waals surface area contributed by atoms with E-state index < -0.39 is 6.04 Å². The van der Waals surface area contributed by atoms with Crippen LogP contribution in [0.15, 0.2) is 48.5 Å². The molecule has 0 bridgehead atoms. The van der Waals surface area contributed by atoms with E-state index in [0.29, 0.717) is 16.3 Å². The second-order valence-electron chi connectivity index (χ2n) is 7.04. The van der Waals surface area contributed by atoms with Crippen molar-refractivity contribution in [3.8, 4) is 0 Å². The van der Waals surface area contributed by atoms with E-state index in [1.807, 2.05) is 32.0 Å². The minimum Gasteiger partial charge on any atom is -0.352 e. The summed E-state index contributed by atoms with van der Waals surface area (Å²) in [7, 11) is 0. The summed E-state index contributed by atoms with van der Waals surface area (Å²) in [6.45, 7) is 5.67. The maximum Gasteiger partial charge on any atom is 0.242 e. The van der Waals surface area contributed by atoms with Crippen molar-refractivity contribution in [2.24, 2.45) is 0 Å². The molecule has 29 heavy (non-hydrogen) atoms. The van der Waals surface area contributed by atoms with E-state index in [4.69, 9.17) is 11.6 Å². The van der Waals surface area contributed by atoms with Gasteiger partial charge < -0.3 is 10.2 Å². The van der Waals surface area contributed by atoms with Crippen LogP contribution < -0.4 is 5.32 Å². The summed E-state index contributed by atoms with van der Waals surface area (Å²) < 4.78 is 13.8. The number of carbonyl (C=O) groups excluding carboxylic acids is 2. The number of hydrogen-bond acceptors (Lipinski definition) is 3. The minimum atomic E-state index is -0.657. The normalized spacial score (nSPS) is 11.9. The number of rotatable bonds is 9. The molecular formula is C22H26ClFN2O2S. The molecule has 0 spiro atoms. The minimum absolute atomic E-state index is 0.0300. The van der Waals surface area contributed by atoms with Crippen LogP contribution in [0.5, 0.6) is 0 Å². The van der Waals surface area contributed by atoms with Gasteiger partial charge in [-0.05, 0) is 44.0 Å². The van der Waals surface area contributed by atoms with E-state index >= 15 is 0 Å².